The van der Waals surface area contributed by atoms with Crippen LogP contribution in [0.1, 0.15) is 63.0 Å². The molecule has 0 spiro atoms. The summed E-state index contributed by atoms with van der Waals surface area (Å²) >= 11 is 0. The fourth-order valence-electron chi connectivity index (χ4n) is 5.83. The van der Waals surface area contributed by atoms with Gasteiger partial charge in [-0.25, -0.2) is 0 Å². The van der Waals surface area contributed by atoms with Gasteiger partial charge in [0, 0.05) is 5.69 Å². The maximum Gasteiger partial charge on any atom is 0.325 e. The van der Waals surface area contributed by atoms with E-state index in [4.69, 9.17) is 9.47 Å². The van der Waals surface area contributed by atoms with Crippen LogP contribution in [0, 0.1) is 5.92 Å². The van der Waals surface area contributed by atoms with Crippen LogP contribution in [0.25, 0.3) is 0 Å². The van der Waals surface area contributed by atoms with Crippen molar-refractivity contribution < 1.29 is 33.4 Å². The van der Waals surface area contributed by atoms with Crippen molar-refractivity contribution in [3.63, 3.8) is 0 Å². The molecule has 4 N–H and O–H groups in total. The number of carbonyl (C=O) groups is 5. The predicted octanol–water partition coefficient (Wildman–Crippen LogP) is 2.82. The molecule has 4 rings (SSSR count). The second kappa shape index (κ2) is 17.3. The average Bonchev–Trinajstić information content (AvgIpc) is 3.06. The highest BCUT2D eigenvalue weighted by Crippen LogP contribution is 2.28. The van der Waals surface area contributed by atoms with Crippen molar-refractivity contribution in [1.82, 2.24) is 16.0 Å². The number of rotatable bonds is 15. The number of ketones is 1. The van der Waals surface area contributed by atoms with E-state index in [1.54, 1.807) is 6.92 Å². The van der Waals surface area contributed by atoms with E-state index >= 15 is 0 Å². The monoisotopic (exact) mass is 620 g/mol. The first-order valence-electron chi connectivity index (χ1n) is 15.9. The Balaban J connectivity index is 1.45. The van der Waals surface area contributed by atoms with Gasteiger partial charge in [-0.15, -0.1) is 0 Å². The number of nitrogens with one attached hydrogen (secondary N) is 4. The summed E-state index contributed by atoms with van der Waals surface area (Å²) in [5, 5.41) is 11.2. The SMILES string of the molecule is CCOC(=O)CNC(=O)C(=O)[C@H](COCc1ccccc1)NC(=O)[C@H](CC1CCCCC1)NC(=O)C1CCc2ccccc2N1. The molecule has 1 aliphatic carbocycles. The van der Waals surface area contributed by atoms with E-state index in [2.05, 4.69) is 21.3 Å². The highest BCUT2D eigenvalue weighted by Gasteiger charge is 2.34. The molecular weight excluding hydrogens is 576 g/mol. The zero-order valence-electron chi connectivity index (χ0n) is 25.8. The topological polar surface area (TPSA) is 152 Å². The van der Waals surface area contributed by atoms with Crippen LogP contribution in [0.3, 0.4) is 0 Å². The summed E-state index contributed by atoms with van der Waals surface area (Å²) in [5.41, 5.74) is 2.88. The minimum atomic E-state index is -1.34. The zero-order chi connectivity index (χ0) is 32.0. The minimum Gasteiger partial charge on any atom is -0.465 e. The Bertz CT molecular complexity index is 1310. The third-order valence-corrected chi connectivity index (χ3v) is 8.24. The summed E-state index contributed by atoms with van der Waals surface area (Å²) < 4.78 is 10.6. The van der Waals surface area contributed by atoms with Crippen LogP contribution in [0.15, 0.2) is 54.6 Å². The Hall–Kier alpha value is -4.25. The van der Waals surface area contributed by atoms with Gasteiger partial charge in [-0.3, -0.25) is 24.0 Å². The number of fused-ring (bicyclic) bond motifs is 1. The molecule has 1 aliphatic heterocycles. The van der Waals surface area contributed by atoms with Gasteiger partial charge in [0.1, 0.15) is 24.7 Å². The normalized spacial score (nSPS) is 17.5. The van der Waals surface area contributed by atoms with Crippen LogP contribution in [-0.2, 0) is 46.5 Å². The maximum absolute atomic E-state index is 13.8. The number of amides is 3. The van der Waals surface area contributed by atoms with Crippen LogP contribution in [0.5, 0.6) is 0 Å². The zero-order valence-corrected chi connectivity index (χ0v) is 25.8. The van der Waals surface area contributed by atoms with Gasteiger partial charge in [-0.1, -0.05) is 80.6 Å². The number of anilines is 1. The molecule has 1 saturated carbocycles. The molecular formula is C34H44N4O7. The summed E-state index contributed by atoms with van der Waals surface area (Å²) in [7, 11) is 0. The highest BCUT2D eigenvalue weighted by molar-refractivity contribution is 6.38. The van der Waals surface area contributed by atoms with E-state index in [9.17, 15) is 24.0 Å². The van der Waals surface area contributed by atoms with Gasteiger partial charge >= 0.3 is 5.97 Å². The molecule has 3 atom stereocenters. The smallest absolute Gasteiger partial charge is 0.325 e. The maximum atomic E-state index is 13.8. The van der Waals surface area contributed by atoms with Crippen LogP contribution >= 0.6 is 0 Å². The Labute approximate surface area is 264 Å². The molecule has 11 heteroatoms. The summed E-state index contributed by atoms with van der Waals surface area (Å²) in [4.78, 5) is 65.0. The second-order valence-corrected chi connectivity index (χ2v) is 11.6. The molecule has 2 aromatic carbocycles. The van der Waals surface area contributed by atoms with Gasteiger partial charge in [0.05, 0.1) is 19.8 Å². The molecule has 0 aromatic heterocycles. The van der Waals surface area contributed by atoms with E-state index in [0.29, 0.717) is 12.8 Å². The number of esters is 1. The summed E-state index contributed by atoms with van der Waals surface area (Å²) in [6.45, 7) is 1.15. The van der Waals surface area contributed by atoms with Gasteiger partial charge in [0.25, 0.3) is 5.91 Å². The van der Waals surface area contributed by atoms with Crippen molar-refractivity contribution in [3.05, 3.63) is 65.7 Å². The Morgan fingerprint density at radius 3 is 2.38 bits per heavy atom. The summed E-state index contributed by atoms with van der Waals surface area (Å²) in [5.74, 6) is -3.32. The predicted molar refractivity (Wildman–Crippen MR) is 168 cm³/mol. The lowest BCUT2D eigenvalue weighted by molar-refractivity contribution is -0.146. The first-order chi connectivity index (χ1) is 21.8. The fraction of sp³-hybridized carbons (Fsp3) is 0.500. The number of benzene rings is 2. The van der Waals surface area contributed by atoms with Gasteiger partial charge in [-0.05, 0) is 49.3 Å². The van der Waals surface area contributed by atoms with Crippen molar-refractivity contribution in [2.75, 3.05) is 25.1 Å². The van der Waals surface area contributed by atoms with E-state index in [0.717, 1.165) is 55.3 Å². The number of aryl methyl sites for hydroxylation is 1. The van der Waals surface area contributed by atoms with Gasteiger partial charge in [0.2, 0.25) is 17.6 Å². The van der Waals surface area contributed by atoms with Crippen molar-refractivity contribution >= 4 is 35.2 Å². The van der Waals surface area contributed by atoms with Crippen LogP contribution in [0.4, 0.5) is 5.69 Å². The molecule has 1 heterocycles. The van der Waals surface area contributed by atoms with Crippen molar-refractivity contribution in [2.24, 2.45) is 5.92 Å². The number of hydrogen-bond acceptors (Lipinski definition) is 8. The molecule has 45 heavy (non-hydrogen) atoms. The fourth-order valence-corrected chi connectivity index (χ4v) is 5.83. The molecule has 2 aromatic rings. The summed E-state index contributed by atoms with van der Waals surface area (Å²) in [6.07, 6.45) is 6.89. The van der Waals surface area contributed by atoms with Crippen molar-refractivity contribution in [3.8, 4) is 0 Å². The largest absolute Gasteiger partial charge is 0.465 e. The number of para-hydroxylation sites is 1. The molecule has 242 valence electrons. The Kier molecular flexibility index (Phi) is 12.9. The molecule has 11 nitrogen and oxygen atoms in total. The Morgan fingerprint density at radius 2 is 1.62 bits per heavy atom. The van der Waals surface area contributed by atoms with E-state index < -0.39 is 48.2 Å². The van der Waals surface area contributed by atoms with Gasteiger partial charge in [0.15, 0.2) is 0 Å². The quantitative estimate of drug-likeness (QED) is 0.175. The van der Waals surface area contributed by atoms with Crippen molar-refractivity contribution in [2.45, 2.75) is 83.0 Å². The number of ether oxygens (including phenoxy) is 2. The second-order valence-electron chi connectivity index (χ2n) is 11.6. The van der Waals surface area contributed by atoms with Crippen LogP contribution < -0.4 is 21.3 Å². The van der Waals surface area contributed by atoms with Crippen molar-refractivity contribution in [1.29, 1.82) is 0 Å². The average molecular weight is 621 g/mol. The van der Waals surface area contributed by atoms with E-state index in [1.165, 1.54) is 0 Å². The van der Waals surface area contributed by atoms with Gasteiger partial charge < -0.3 is 30.7 Å². The van der Waals surface area contributed by atoms with E-state index in [1.807, 2.05) is 54.6 Å². The third kappa shape index (κ3) is 10.4. The number of hydrogen-bond donors (Lipinski definition) is 4. The number of Topliss-reactive ketones (excluding diaryl/α,β-unsaturated/α-hetero) is 1. The lowest BCUT2D eigenvalue weighted by Crippen LogP contribution is -2.57. The first-order valence-corrected chi connectivity index (χ1v) is 15.9. The van der Waals surface area contributed by atoms with E-state index in [-0.39, 0.29) is 31.6 Å². The Morgan fingerprint density at radius 1 is 0.889 bits per heavy atom. The highest BCUT2D eigenvalue weighted by atomic mass is 16.5. The number of carbonyl (C=O) groups excluding carboxylic acids is 5. The molecule has 0 radical (unpaired) electrons. The third-order valence-electron chi connectivity index (χ3n) is 8.24. The van der Waals surface area contributed by atoms with Gasteiger partial charge in [-0.2, -0.15) is 0 Å². The molecule has 3 amide bonds. The molecule has 1 unspecified atom stereocenters. The first kappa shape index (κ1) is 33.6. The molecule has 1 fully saturated rings. The molecule has 2 aliphatic rings. The molecule has 0 bridgehead atoms. The lowest BCUT2D eigenvalue weighted by atomic mass is 9.84. The minimum absolute atomic E-state index is 0.131. The van der Waals surface area contributed by atoms with Crippen LogP contribution in [0.2, 0.25) is 0 Å². The standard InChI is InChI=1S/C34H44N4O7/c1-2-45-30(39)20-35-34(43)31(40)29(22-44-21-24-13-7-4-8-14-24)38-33(42)28(19-23-11-5-3-6-12-23)37-32(41)27-18-17-25-15-9-10-16-26(25)36-27/h4,7-10,13-16,23,27-29,36H,2-3,5-6,11-12,17-22H2,1H3,(H,35,43)(H,37,41)(H,38,42)/t27?,28-,29-/m0/s1. The van der Waals surface area contributed by atoms with Crippen LogP contribution in [-0.4, -0.2) is 67.4 Å². The molecule has 0 saturated heterocycles. The lowest BCUT2D eigenvalue weighted by Gasteiger charge is -2.31. The summed E-state index contributed by atoms with van der Waals surface area (Å²) in [6, 6.07) is 14.3.